The van der Waals surface area contributed by atoms with E-state index in [4.69, 9.17) is 28.9 Å². The lowest BCUT2D eigenvalue weighted by Crippen LogP contribution is -2.19. The van der Waals surface area contributed by atoms with E-state index in [9.17, 15) is 0 Å². The minimum absolute atomic E-state index is 0.198. The van der Waals surface area contributed by atoms with Gasteiger partial charge in [-0.25, -0.2) is 0 Å². The number of halogens is 3. The Bertz CT molecular complexity index is 596. The zero-order chi connectivity index (χ0) is 14.2. The fourth-order valence-corrected chi connectivity index (χ4v) is 2.68. The molecule has 1 aromatic heterocycles. The predicted octanol–water partition coefficient (Wildman–Crippen LogP) is 4.58. The molecule has 2 N–H and O–H groups in total. The first kappa shape index (κ1) is 14.9. The van der Waals surface area contributed by atoms with Crippen LogP contribution in [0.3, 0.4) is 0 Å². The topological polar surface area (TPSA) is 43.8 Å². The molecule has 0 aliphatic rings. The molecule has 19 heavy (non-hydrogen) atoms. The third-order valence-electron chi connectivity index (χ3n) is 2.87. The van der Waals surface area contributed by atoms with Crippen LogP contribution >= 0.6 is 39.1 Å². The SMILES string of the molecule is CC(C)n1ncc(Cl)c1C(N)c1ccc(Cl)c(Br)c1. The summed E-state index contributed by atoms with van der Waals surface area (Å²) in [5, 5.41) is 5.50. The van der Waals surface area contributed by atoms with Crippen LogP contribution in [0.2, 0.25) is 10.0 Å². The van der Waals surface area contributed by atoms with Crippen LogP contribution in [0.15, 0.2) is 28.9 Å². The summed E-state index contributed by atoms with van der Waals surface area (Å²) in [5.41, 5.74) is 8.05. The van der Waals surface area contributed by atoms with Crippen molar-refractivity contribution in [2.24, 2.45) is 5.73 Å². The number of nitrogens with zero attached hydrogens (tertiary/aromatic N) is 2. The van der Waals surface area contributed by atoms with E-state index in [1.54, 1.807) is 6.20 Å². The molecule has 3 nitrogen and oxygen atoms in total. The van der Waals surface area contributed by atoms with E-state index in [0.29, 0.717) is 10.0 Å². The predicted molar refractivity (Wildman–Crippen MR) is 82.8 cm³/mol. The standard InChI is InChI=1S/C13H14BrCl2N3/c1-7(2)19-13(11(16)6-18-19)12(17)8-3-4-10(15)9(14)5-8/h3-7,12H,17H2,1-2H3. The Morgan fingerprint density at radius 2 is 1.95 bits per heavy atom. The minimum atomic E-state index is -0.342. The van der Waals surface area contributed by atoms with Gasteiger partial charge in [-0.3, -0.25) is 4.68 Å². The van der Waals surface area contributed by atoms with Crippen molar-refractivity contribution < 1.29 is 0 Å². The molecule has 0 fully saturated rings. The molecule has 0 aliphatic carbocycles. The van der Waals surface area contributed by atoms with E-state index >= 15 is 0 Å². The van der Waals surface area contributed by atoms with Crippen molar-refractivity contribution in [2.45, 2.75) is 25.9 Å². The molecule has 1 unspecified atom stereocenters. The largest absolute Gasteiger partial charge is 0.319 e. The van der Waals surface area contributed by atoms with Crippen molar-refractivity contribution in [2.75, 3.05) is 0 Å². The van der Waals surface area contributed by atoms with E-state index in [-0.39, 0.29) is 12.1 Å². The molecule has 6 heteroatoms. The van der Waals surface area contributed by atoms with Crippen molar-refractivity contribution in [3.63, 3.8) is 0 Å². The maximum Gasteiger partial charge on any atom is 0.0837 e. The highest BCUT2D eigenvalue weighted by Crippen LogP contribution is 2.31. The lowest BCUT2D eigenvalue weighted by molar-refractivity contribution is 0.499. The average molecular weight is 363 g/mol. The van der Waals surface area contributed by atoms with Crippen LogP contribution in [0.25, 0.3) is 0 Å². The fraction of sp³-hybridized carbons (Fsp3) is 0.308. The normalized spacial score (nSPS) is 13.0. The zero-order valence-corrected chi connectivity index (χ0v) is 13.7. The molecule has 0 saturated carbocycles. The van der Waals surface area contributed by atoms with Gasteiger partial charge in [-0.05, 0) is 47.5 Å². The van der Waals surface area contributed by atoms with Gasteiger partial charge in [-0.15, -0.1) is 0 Å². The van der Waals surface area contributed by atoms with Crippen molar-refractivity contribution in [1.82, 2.24) is 9.78 Å². The molecule has 0 bridgehead atoms. The smallest absolute Gasteiger partial charge is 0.0837 e. The van der Waals surface area contributed by atoms with Gasteiger partial charge < -0.3 is 5.73 Å². The van der Waals surface area contributed by atoms with Crippen molar-refractivity contribution >= 4 is 39.1 Å². The summed E-state index contributed by atoms with van der Waals surface area (Å²) < 4.78 is 2.66. The van der Waals surface area contributed by atoms with Crippen LogP contribution < -0.4 is 5.73 Å². The van der Waals surface area contributed by atoms with Gasteiger partial charge in [-0.2, -0.15) is 5.10 Å². The third-order valence-corrected chi connectivity index (χ3v) is 4.38. The van der Waals surface area contributed by atoms with Gasteiger partial charge >= 0.3 is 0 Å². The summed E-state index contributed by atoms with van der Waals surface area (Å²) in [6, 6.07) is 5.47. The van der Waals surface area contributed by atoms with Crippen molar-refractivity contribution in [3.05, 3.63) is 50.2 Å². The van der Waals surface area contributed by atoms with Crippen molar-refractivity contribution in [3.8, 4) is 0 Å². The van der Waals surface area contributed by atoms with Gasteiger partial charge in [0.1, 0.15) is 0 Å². The molecule has 0 saturated heterocycles. The van der Waals surface area contributed by atoms with E-state index < -0.39 is 0 Å². The Kier molecular flexibility index (Phi) is 4.56. The van der Waals surface area contributed by atoms with Crippen LogP contribution in [-0.2, 0) is 0 Å². The summed E-state index contributed by atoms with van der Waals surface area (Å²) in [7, 11) is 0. The first-order chi connectivity index (χ1) is 8.91. The van der Waals surface area contributed by atoms with E-state index in [1.807, 2.05) is 36.7 Å². The first-order valence-corrected chi connectivity index (χ1v) is 7.40. The molecule has 0 amide bonds. The van der Waals surface area contributed by atoms with E-state index in [1.165, 1.54) is 0 Å². The highest BCUT2D eigenvalue weighted by Gasteiger charge is 2.20. The maximum atomic E-state index is 6.31. The second-order valence-corrected chi connectivity index (χ2v) is 6.24. The summed E-state index contributed by atoms with van der Waals surface area (Å²) in [5.74, 6) is 0. The molecule has 102 valence electrons. The van der Waals surface area contributed by atoms with Crippen LogP contribution in [0, 0.1) is 0 Å². The lowest BCUT2D eigenvalue weighted by Gasteiger charge is -2.18. The quantitative estimate of drug-likeness (QED) is 0.868. The van der Waals surface area contributed by atoms with E-state index in [0.717, 1.165) is 15.7 Å². The Labute approximate surface area is 130 Å². The molecule has 2 aromatic rings. The number of aromatic nitrogens is 2. The highest BCUT2D eigenvalue weighted by atomic mass is 79.9. The van der Waals surface area contributed by atoms with Crippen LogP contribution in [0.5, 0.6) is 0 Å². The monoisotopic (exact) mass is 361 g/mol. The maximum absolute atomic E-state index is 6.31. The number of hydrogen-bond acceptors (Lipinski definition) is 2. The van der Waals surface area contributed by atoms with E-state index in [2.05, 4.69) is 21.0 Å². The molecule has 1 heterocycles. The second-order valence-electron chi connectivity index (χ2n) is 4.57. The minimum Gasteiger partial charge on any atom is -0.319 e. The lowest BCUT2D eigenvalue weighted by atomic mass is 10.0. The number of benzene rings is 1. The number of rotatable bonds is 3. The third kappa shape index (κ3) is 2.97. The number of nitrogens with two attached hydrogens (primary N) is 1. The number of hydrogen-bond donors (Lipinski definition) is 1. The summed E-state index contributed by atoms with van der Waals surface area (Å²) in [6.45, 7) is 4.08. The summed E-state index contributed by atoms with van der Waals surface area (Å²) >= 11 is 15.6. The van der Waals surface area contributed by atoms with Gasteiger partial charge in [0.05, 0.1) is 28.0 Å². The summed E-state index contributed by atoms with van der Waals surface area (Å²) in [4.78, 5) is 0. The van der Waals surface area contributed by atoms with Gasteiger partial charge in [0, 0.05) is 10.5 Å². The Balaban J connectivity index is 2.46. The Hall–Kier alpha value is -0.550. The first-order valence-electron chi connectivity index (χ1n) is 5.85. The average Bonchev–Trinajstić information content (AvgIpc) is 2.74. The van der Waals surface area contributed by atoms with Crippen LogP contribution in [-0.4, -0.2) is 9.78 Å². The van der Waals surface area contributed by atoms with Gasteiger partial charge in [0.25, 0.3) is 0 Å². The van der Waals surface area contributed by atoms with Gasteiger partial charge in [0.15, 0.2) is 0 Å². The Morgan fingerprint density at radius 3 is 2.53 bits per heavy atom. The molecular formula is C13H14BrCl2N3. The highest BCUT2D eigenvalue weighted by molar-refractivity contribution is 9.10. The molecule has 1 aromatic carbocycles. The van der Waals surface area contributed by atoms with Crippen molar-refractivity contribution in [1.29, 1.82) is 0 Å². The molecule has 2 rings (SSSR count). The summed E-state index contributed by atoms with van der Waals surface area (Å²) in [6.07, 6.45) is 1.63. The Morgan fingerprint density at radius 1 is 1.26 bits per heavy atom. The van der Waals surface area contributed by atoms with Gasteiger partial charge in [-0.1, -0.05) is 29.3 Å². The van der Waals surface area contributed by atoms with Gasteiger partial charge in [0.2, 0.25) is 0 Å². The molecule has 0 aliphatic heterocycles. The molecular weight excluding hydrogens is 349 g/mol. The van der Waals surface area contributed by atoms with Crippen LogP contribution in [0.4, 0.5) is 0 Å². The van der Waals surface area contributed by atoms with Crippen LogP contribution in [0.1, 0.15) is 37.2 Å². The second kappa shape index (κ2) is 5.83. The fourth-order valence-electron chi connectivity index (χ4n) is 1.92. The zero-order valence-electron chi connectivity index (χ0n) is 10.6. The molecule has 0 spiro atoms. The molecule has 1 atom stereocenters. The molecule has 0 radical (unpaired) electrons.